The molecule has 5 nitrogen and oxygen atoms in total. The molecular weight excluding hydrogens is 349 g/mol. The van der Waals surface area contributed by atoms with Gasteiger partial charge in [-0.05, 0) is 30.4 Å². The first-order valence-corrected chi connectivity index (χ1v) is 9.05. The Morgan fingerprint density at radius 2 is 1.77 bits per heavy atom. The second-order valence-corrected chi connectivity index (χ2v) is 8.56. The van der Waals surface area contributed by atoms with Crippen molar-refractivity contribution in [1.29, 1.82) is 0 Å². The topological polar surface area (TPSA) is 74.7 Å². The number of carboxylic acid groups (broad SMARTS) is 1. The number of carbonyl (C=O) groups is 1. The van der Waals surface area contributed by atoms with Crippen molar-refractivity contribution >= 4 is 39.2 Å². The molecule has 1 aromatic rings. The van der Waals surface area contributed by atoms with E-state index in [0.29, 0.717) is 13.1 Å². The van der Waals surface area contributed by atoms with Crippen LogP contribution in [-0.2, 0) is 10.0 Å². The lowest BCUT2D eigenvalue weighted by atomic mass is 9.94. The predicted octanol–water partition coefficient (Wildman–Crippen LogP) is 3.36. The zero-order valence-corrected chi connectivity index (χ0v) is 14.5. The lowest BCUT2D eigenvalue weighted by Crippen LogP contribution is -2.42. The van der Waals surface area contributed by atoms with Gasteiger partial charge in [-0.1, -0.05) is 37.0 Å². The molecule has 0 aromatic heterocycles. The Balaban J connectivity index is 2.48. The number of hydrogen-bond acceptors (Lipinski definition) is 3. The monoisotopic (exact) mass is 365 g/mol. The average molecular weight is 366 g/mol. The molecule has 8 heteroatoms. The van der Waals surface area contributed by atoms with Crippen LogP contribution in [0.1, 0.15) is 30.6 Å². The minimum atomic E-state index is -3.80. The molecule has 0 radical (unpaired) electrons. The van der Waals surface area contributed by atoms with Crippen molar-refractivity contribution in [2.45, 2.75) is 25.2 Å². The third-order valence-corrected chi connectivity index (χ3v) is 6.32. The molecule has 1 aromatic carbocycles. The fourth-order valence-corrected chi connectivity index (χ4v) is 5.03. The highest BCUT2D eigenvalue weighted by molar-refractivity contribution is 7.89. The molecule has 2 atom stereocenters. The SMILES string of the molecule is CC1CC(C)CN(S(=O)(=O)c2cc(Cl)c(Cl)c(C(=O)O)c2)C1. The van der Waals surface area contributed by atoms with Gasteiger partial charge in [-0.15, -0.1) is 0 Å². The number of benzene rings is 1. The van der Waals surface area contributed by atoms with E-state index in [1.54, 1.807) is 0 Å². The molecule has 1 aliphatic rings. The summed E-state index contributed by atoms with van der Waals surface area (Å²) in [5.41, 5.74) is -0.314. The fraction of sp³-hybridized carbons (Fsp3) is 0.500. The number of rotatable bonds is 3. The summed E-state index contributed by atoms with van der Waals surface area (Å²) in [5, 5.41) is 8.88. The second kappa shape index (κ2) is 6.35. The fourth-order valence-electron chi connectivity index (χ4n) is 2.82. The van der Waals surface area contributed by atoms with Gasteiger partial charge >= 0.3 is 5.97 Å². The Kier molecular flexibility index (Phi) is 5.06. The van der Waals surface area contributed by atoms with Crippen molar-refractivity contribution in [1.82, 2.24) is 4.31 Å². The maximum absolute atomic E-state index is 12.7. The molecule has 1 fully saturated rings. The van der Waals surface area contributed by atoms with E-state index >= 15 is 0 Å². The van der Waals surface area contributed by atoms with Gasteiger partial charge in [0.2, 0.25) is 10.0 Å². The zero-order chi connectivity index (χ0) is 16.7. The van der Waals surface area contributed by atoms with E-state index in [1.807, 2.05) is 13.8 Å². The van der Waals surface area contributed by atoms with Gasteiger partial charge in [-0.3, -0.25) is 0 Å². The van der Waals surface area contributed by atoms with Crippen molar-refractivity contribution in [3.63, 3.8) is 0 Å². The van der Waals surface area contributed by atoms with E-state index in [2.05, 4.69) is 0 Å². The summed E-state index contributed by atoms with van der Waals surface area (Å²) in [7, 11) is -3.80. The number of sulfonamides is 1. The summed E-state index contributed by atoms with van der Waals surface area (Å²) in [6.45, 7) is 4.82. The summed E-state index contributed by atoms with van der Waals surface area (Å²) in [5.74, 6) is -0.815. The van der Waals surface area contributed by atoms with Crippen molar-refractivity contribution in [3.8, 4) is 0 Å². The smallest absolute Gasteiger partial charge is 0.337 e. The maximum Gasteiger partial charge on any atom is 0.337 e. The summed E-state index contributed by atoms with van der Waals surface area (Å²) in [6.07, 6.45) is 0.966. The molecule has 0 bridgehead atoms. The normalized spacial score (nSPS) is 23.5. The first-order valence-electron chi connectivity index (χ1n) is 6.85. The largest absolute Gasteiger partial charge is 0.478 e. The van der Waals surface area contributed by atoms with Crippen LogP contribution in [0.2, 0.25) is 10.0 Å². The lowest BCUT2D eigenvalue weighted by Gasteiger charge is -2.34. The van der Waals surface area contributed by atoms with E-state index in [0.717, 1.165) is 12.5 Å². The van der Waals surface area contributed by atoms with Gasteiger partial charge in [0.25, 0.3) is 0 Å². The van der Waals surface area contributed by atoms with Crippen LogP contribution in [-0.4, -0.2) is 36.9 Å². The number of piperidine rings is 1. The Labute approximate surface area is 139 Å². The maximum atomic E-state index is 12.7. The van der Waals surface area contributed by atoms with Crippen molar-refractivity contribution < 1.29 is 18.3 Å². The number of aromatic carboxylic acids is 1. The van der Waals surface area contributed by atoms with Crippen molar-refractivity contribution in [2.24, 2.45) is 11.8 Å². The van der Waals surface area contributed by atoms with E-state index in [-0.39, 0.29) is 32.3 Å². The highest BCUT2D eigenvalue weighted by Crippen LogP contribution is 2.32. The van der Waals surface area contributed by atoms with Crippen LogP contribution in [0, 0.1) is 11.8 Å². The standard InChI is InChI=1S/C14H17Cl2NO4S/c1-8-3-9(2)7-17(6-8)22(20,21)10-4-11(14(18)19)13(16)12(15)5-10/h4-5,8-9H,3,6-7H2,1-2H3,(H,18,19). The highest BCUT2D eigenvalue weighted by Gasteiger charge is 2.32. The molecule has 0 spiro atoms. The molecule has 0 amide bonds. The quantitative estimate of drug-likeness (QED) is 0.890. The Morgan fingerprint density at radius 1 is 1.23 bits per heavy atom. The van der Waals surface area contributed by atoms with Gasteiger partial charge < -0.3 is 5.11 Å². The summed E-state index contributed by atoms with van der Waals surface area (Å²) in [4.78, 5) is 11.0. The molecule has 122 valence electrons. The van der Waals surface area contributed by atoms with Crippen LogP contribution in [0.3, 0.4) is 0 Å². The molecular formula is C14H17Cl2NO4S. The predicted molar refractivity (Wildman–Crippen MR) is 85.1 cm³/mol. The van der Waals surface area contributed by atoms with Crippen molar-refractivity contribution in [2.75, 3.05) is 13.1 Å². The van der Waals surface area contributed by atoms with Gasteiger partial charge in [-0.2, -0.15) is 4.31 Å². The molecule has 1 N–H and O–H groups in total. The molecule has 2 rings (SSSR count). The van der Waals surface area contributed by atoms with Gasteiger partial charge in [0.05, 0.1) is 20.5 Å². The molecule has 0 saturated carbocycles. The molecule has 0 aliphatic carbocycles. The number of nitrogens with zero attached hydrogens (tertiary/aromatic N) is 1. The van der Waals surface area contributed by atoms with Gasteiger partial charge in [-0.25, -0.2) is 13.2 Å². The van der Waals surface area contributed by atoms with E-state index in [4.69, 9.17) is 28.3 Å². The minimum Gasteiger partial charge on any atom is -0.478 e. The van der Waals surface area contributed by atoms with Gasteiger partial charge in [0, 0.05) is 13.1 Å². The summed E-state index contributed by atoms with van der Waals surface area (Å²) < 4.78 is 26.9. The Hall–Kier alpha value is -0.820. The third-order valence-electron chi connectivity index (χ3n) is 3.71. The number of carboxylic acids is 1. The third kappa shape index (κ3) is 3.40. The average Bonchev–Trinajstić information content (AvgIpc) is 2.40. The van der Waals surface area contributed by atoms with Gasteiger partial charge in [0.1, 0.15) is 0 Å². The summed E-state index contributed by atoms with van der Waals surface area (Å²) >= 11 is 11.7. The van der Waals surface area contributed by atoms with Crippen LogP contribution >= 0.6 is 23.2 Å². The first kappa shape index (κ1) is 17.5. The Morgan fingerprint density at radius 3 is 2.27 bits per heavy atom. The number of halogens is 2. The van der Waals surface area contributed by atoms with Crippen molar-refractivity contribution in [3.05, 3.63) is 27.7 Å². The minimum absolute atomic E-state index is 0.0850. The van der Waals surface area contributed by atoms with Gasteiger partial charge in [0.15, 0.2) is 0 Å². The van der Waals surface area contributed by atoms with E-state index in [9.17, 15) is 13.2 Å². The molecule has 1 aliphatic heterocycles. The van der Waals surface area contributed by atoms with Crippen LogP contribution in [0.15, 0.2) is 17.0 Å². The number of hydrogen-bond donors (Lipinski definition) is 1. The van der Waals surface area contributed by atoms with Crippen LogP contribution in [0.5, 0.6) is 0 Å². The molecule has 1 heterocycles. The Bertz CT molecular complexity index is 695. The van der Waals surface area contributed by atoms with E-state index < -0.39 is 16.0 Å². The second-order valence-electron chi connectivity index (χ2n) is 5.84. The lowest BCUT2D eigenvalue weighted by molar-refractivity contribution is 0.0697. The highest BCUT2D eigenvalue weighted by atomic mass is 35.5. The van der Waals surface area contributed by atoms with Crippen LogP contribution < -0.4 is 0 Å². The van der Waals surface area contributed by atoms with E-state index in [1.165, 1.54) is 10.4 Å². The molecule has 2 unspecified atom stereocenters. The van der Waals surface area contributed by atoms with Crippen LogP contribution in [0.4, 0.5) is 0 Å². The first-order chi connectivity index (χ1) is 10.1. The van der Waals surface area contributed by atoms with Crippen LogP contribution in [0.25, 0.3) is 0 Å². The molecule has 22 heavy (non-hydrogen) atoms. The molecule has 1 saturated heterocycles. The summed E-state index contributed by atoms with van der Waals surface area (Å²) in [6, 6.07) is 2.27. The zero-order valence-electron chi connectivity index (χ0n) is 12.2.